The lowest BCUT2D eigenvalue weighted by atomic mass is 9.72. The minimum Gasteiger partial charge on any atom is -0.0764 e. The first-order chi connectivity index (χ1) is 25.0. The van der Waals surface area contributed by atoms with Crippen molar-refractivity contribution >= 4 is 27.1 Å². The van der Waals surface area contributed by atoms with E-state index in [0.29, 0.717) is 23.7 Å². The van der Waals surface area contributed by atoms with Crippen molar-refractivity contribution in [3.63, 3.8) is 0 Å². The van der Waals surface area contributed by atoms with Crippen LogP contribution in [0.25, 0.3) is 60.5 Å². The second kappa shape index (κ2) is 10.6. The van der Waals surface area contributed by atoms with Crippen molar-refractivity contribution in [2.45, 2.75) is 19.3 Å². The summed E-state index contributed by atoms with van der Waals surface area (Å²) in [6.07, 6.45) is 21.2. The molecule has 0 N–H and O–H groups in total. The predicted molar refractivity (Wildman–Crippen MR) is 215 cm³/mol. The number of hydrogen-bond acceptors (Lipinski definition) is 0. The van der Waals surface area contributed by atoms with E-state index in [1.165, 1.54) is 77.2 Å². The predicted octanol–water partition coefficient (Wildman–Crippen LogP) is 13.1. The molecule has 0 aliphatic heterocycles. The van der Waals surface area contributed by atoms with Crippen LogP contribution >= 0.6 is 0 Å². The number of allylic oxidation sites excluding steroid dienone is 12. The quantitative estimate of drug-likeness (QED) is 0.179. The van der Waals surface area contributed by atoms with Gasteiger partial charge in [-0.3, -0.25) is 0 Å². The van der Waals surface area contributed by atoms with Crippen LogP contribution in [0.1, 0.15) is 30.5 Å². The Bertz CT molecular complexity index is 2680. The molecule has 242 valence electrons. The smallest absolute Gasteiger partial charge is 0.0159 e. The fraction of sp³-hybridized carbons (Fsp3) is 0.137. The normalized spacial score (nSPS) is 23.0. The fourth-order valence-electron chi connectivity index (χ4n) is 10.2. The van der Waals surface area contributed by atoms with E-state index in [1.54, 1.807) is 11.1 Å². The molecule has 0 amide bonds. The van der Waals surface area contributed by atoms with Gasteiger partial charge in [-0.1, -0.05) is 177 Å². The van der Waals surface area contributed by atoms with E-state index in [0.717, 1.165) is 0 Å². The number of rotatable bonds is 3. The van der Waals surface area contributed by atoms with Gasteiger partial charge in [0.15, 0.2) is 0 Å². The highest BCUT2D eigenvalue weighted by Crippen LogP contribution is 2.57. The molecule has 4 unspecified atom stereocenters. The third kappa shape index (κ3) is 4.14. The maximum absolute atomic E-state index is 2.44. The molecule has 1 saturated carbocycles. The zero-order chi connectivity index (χ0) is 33.8. The van der Waals surface area contributed by atoms with Crippen LogP contribution in [-0.4, -0.2) is 0 Å². The van der Waals surface area contributed by atoms with Gasteiger partial charge >= 0.3 is 0 Å². The van der Waals surface area contributed by atoms with Gasteiger partial charge in [0.1, 0.15) is 0 Å². The van der Waals surface area contributed by atoms with Crippen LogP contribution in [0.3, 0.4) is 0 Å². The summed E-state index contributed by atoms with van der Waals surface area (Å²) in [5.74, 6) is 1.88. The van der Waals surface area contributed by atoms with E-state index in [2.05, 4.69) is 184 Å². The molecule has 6 aromatic carbocycles. The summed E-state index contributed by atoms with van der Waals surface area (Å²) in [7, 11) is 0. The number of fused-ring (bicyclic) bond motifs is 8. The van der Waals surface area contributed by atoms with Gasteiger partial charge in [0.25, 0.3) is 0 Å². The molecule has 5 aliphatic rings. The van der Waals surface area contributed by atoms with Gasteiger partial charge in [0.05, 0.1) is 0 Å². The Morgan fingerprint density at radius 2 is 1.00 bits per heavy atom. The Kier molecular flexibility index (Phi) is 6.06. The molecule has 5 aliphatic carbocycles. The van der Waals surface area contributed by atoms with Crippen molar-refractivity contribution < 1.29 is 0 Å². The van der Waals surface area contributed by atoms with E-state index in [1.807, 2.05) is 0 Å². The van der Waals surface area contributed by atoms with Crippen LogP contribution in [0.15, 0.2) is 181 Å². The van der Waals surface area contributed by atoms with Crippen LogP contribution < -0.4 is 0 Å². The topological polar surface area (TPSA) is 0 Å². The summed E-state index contributed by atoms with van der Waals surface area (Å²) >= 11 is 0. The maximum Gasteiger partial charge on any atom is 0.0159 e. The first kappa shape index (κ1) is 29.1. The van der Waals surface area contributed by atoms with Crippen LogP contribution in [0, 0.1) is 23.7 Å². The Hall–Kier alpha value is -5.72. The van der Waals surface area contributed by atoms with Gasteiger partial charge in [-0.15, -0.1) is 0 Å². The monoisotopic (exact) mass is 650 g/mol. The van der Waals surface area contributed by atoms with Gasteiger partial charge in [-0.25, -0.2) is 0 Å². The summed E-state index contributed by atoms with van der Waals surface area (Å²) < 4.78 is 0. The van der Waals surface area contributed by atoms with Gasteiger partial charge in [0.2, 0.25) is 0 Å². The summed E-state index contributed by atoms with van der Waals surface area (Å²) in [5, 5.41) is 5.15. The number of benzene rings is 6. The molecule has 51 heavy (non-hydrogen) atoms. The van der Waals surface area contributed by atoms with E-state index >= 15 is 0 Å². The fourth-order valence-corrected chi connectivity index (χ4v) is 10.2. The van der Waals surface area contributed by atoms with E-state index < -0.39 is 0 Å². The lowest BCUT2D eigenvalue weighted by Gasteiger charge is -2.32. The Labute approximate surface area is 300 Å². The summed E-state index contributed by atoms with van der Waals surface area (Å²) in [6, 6.07) is 43.7. The standard InChI is InChI=1S/C51H38/c1-51(2)48-17-8-7-14-43(48)44-23-22-35(30-49(44)51)37-25-24-36(39-10-3-4-11-40(37)39)33-20-18-32-29-34(21-19-31(32)28-33)38-26-27-47-42-13-6-5-12-41(42)46-16-9-15-45(38)50(46)47/h3-30,41-42,45,50H,1-2H3. The third-order valence-corrected chi connectivity index (χ3v) is 12.7. The summed E-state index contributed by atoms with van der Waals surface area (Å²) in [4.78, 5) is 0. The highest BCUT2D eigenvalue weighted by molar-refractivity contribution is 6.06. The SMILES string of the molecule is CC1(C)c2ccccc2-c2ccc(-c3ccc(-c4ccc5cc(C6=CC=C7C8C=CC=CC8C8=CC=CC6C87)ccc5c4)c4ccccc34)cc21. The Morgan fingerprint density at radius 1 is 0.431 bits per heavy atom. The lowest BCUT2D eigenvalue weighted by molar-refractivity contribution is 0.623. The average molecular weight is 651 g/mol. The molecule has 0 radical (unpaired) electrons. The van der Waals surface area contributed by atoms with Gasteiger partial charge in [-0.05, 0) is 95.4 Å². The van der Waals surface area contributed by atoms with Crippen LogP contribution in [0.2, 0.25) is 0 Å². The first-order valence-corrected chi connectivity index (χ1v) is 18.5. The molecule has 0 heterocycles. The van der Waals surface area contributed by atoms with Crippen molar-refractivity contribution in [2.24, 2.45) is 23.7 Å². The summed E-state index contributed by atoms with van der Waals surface area (Å²) in [6.45, 7) is 4.72. The third-order valence-electron chi connectivity index (χ3n) is 12.7. The number of hydrogen-bond donors (Lipinski definition) is 0. The largest absolute Gasteiger partial charge is 0.0764 e. The van der Waals surface area contributed by atoms with Crippen LogP contribution in [0.4, 0.5) is 0 Å². The second-order valence-corrected chi connectivity index (χ2v) is 15.6. The molecule has 0 heteroatoms. The molecule has 0 bridgehead atoms. The van der Waals surface area contributed by atoms with E-state index in [4.69, 9.17) is 0 Å². The molecule has 4 atom stereocenters. The van der Waals surface area contributed by atoms with Crippen molar-refractivity contribution in [3.05, 3.63) is 198 Å². The molecule has 1 fully saturated rings. The Morgan fingerprint density at radius 3 is 1.76 bits per heavy atom. The molecule has 0 aromatic heterocycles. The molecular formula is C51H38. The van der Waals surface area contributed by atoms with Gasteiger partial charge in [0, 0.05) is 29.1 Å². The zero-order valence-corrected chi connectivity index (χ0v) is 29.0. The minimum atomic E-state index is -0.0207. The van der Waals surface area contributed by atoms with Gasteiger partial charge in [-0.2, -0.15) is 0 Å². The van der Waals surface area contributed by atoms with Crippen LogP contribution in [-0.2, 0) is 5.41 Å². The van der Waals surface area contributed by atoms with Crippen molar-refractivity contribution in [1.29, 1.82) is 0 Å². The Balaban J connectivity index is 0.953. The van der Waals surface area contributed by atoms with Gasteiger partial charge < -0.3 is 0 Å². The highest BCUT2D eigenvalue weighted by atomic mass is 14.5. The van der Waals surface area contributed by atoms with E-state index in [9.17, 15) is 0 Å². The van der Waals surface area contributed by atoms with Crippen molar-refractivity contribution in [3.8, 4) is 33.4 Å². The molecular weight excluding hydrogens is 613 g/mol. The first-order valence-electron chi connectivity index (χ1n) is 18.5. The minimum absolute atomic E-state index is 0.0207. The molecule has 0 saturated heterocycles. The molecule has 0 nitrogen and oxygen atoms in total. The van der Waals surface area contributed by atoms with Crippen molar-refractivity contribution in [1.82, 2.24) is 0 Å². The van der Waals surface area contributed by atoms with Crippen LogP contribution in [0.5, 0.6) is 0 Å². The van der Waals surface area contributed by atoms with E-state index in [-0.39, 0.29) is 5.41 Å². The molecule has 6 aromatic rings. The maximum atomic E-state index is 2.44. The second-order valence-electron chi connectivity index (χ2n) is 15.6. The highest BCUT2D eigenvalue weighted by Gasteiger charge is 2.46. The lowest BCUT2D eigenvalue weighted by Crippen LogP contribution is -2.20. The zero-order valence-electron chi connectivity index (χ0n) is 29.0. The molecule has 0 spiro atoms. The average Bonchev–Trinajstić information content (AvgIpc) is 3.63. The van der Waals surface area contributed by atoms with Crippen molar-refractivity contribution in [2.75, 3.05) is 0 Å². The molecule has 11 rings (SSSR count). The summed E-state index contributed by atoms with van der Waals surface area (Å²) in [5.41, 5.74) is 16.6.